The molecule has 51 heavy (non-hydrogen) atoms. The molecule has 3 amide bonds. The van der Waals surface area contributed by atoms with Crippen LogP contribution in [0.25, 0.3) is 0 Å². The summed E-state index contributed by atoms with van der Waals surface area (Å²) in [7, 11) is 0. The maximum Gasteiger partial charge on any atom is 0.410 e. The Morgan fingerprint density at radius 2 is 1.73 bits per heavy atom. The molecule has 13 heteroatoms. The van der Waals surface area contributed by atoms with E-state index in [-0.39, 0.29) is 72.8 Å². The number of fused-ring (bicyclic) bond motifs is 1. The molecule has 1 saturated carbocycles. The van der Waals surface area contributed by atoms with Gasteiger partial charge in [0.2, 0.25) is 17.7 Å². The summed E-state index contributed by atoms with van der Waals surface area (Å²) in [5.74, 6) is -0.125. The fourth-order valence-corrected chi connectivity index (χ4v) is 7.05. The molecule has 4 heterocycles. The van der Waals surface area contributed by atoms with Gasteiger partial charge in [-0.2, -0.15) is 4.98 Å². The number of halogens is 1. The summed E-state index contributed by atoms with van der Waals surface area (Å²) in [5.41, 5.74) is 1.74. The number of pyridine rings is 1. The highest BCUT2D eigenvalue weighted by atomic mass is 19.1. The summed E-state index contributed by atoms with van der Waals surface area (Å²) in [6.07, 6.45) is 1.64. The van der Waals surface area contributed by atoms with Gasteiger partial charge in [-0.15, -0.1) is 0 Å². The Labute approximate surface area is 299 Å². The highest BCUT2D eigenvalue weighted by Crippen LogP contribution is 2.39. The van der Waals surface area contributed by atoms with Crippen LogP contribution in [0.2, 0.25) is 0 Å². The molecule has 6 rings (SSSR count). The fourth-order valence-electron chi connectivity index (χ4n) is 7.05. The maximum absolute atomic E-state index is 14.5. The lowest BCUT2D eigenvalue weighted by Gasteiger charge is -2.49. The largest absolute Gasteiger partial charge is 0.470 e. The van der Waals surface area contributed by atoms with Crippen LogP contribution in [0.5, 0.6) is 5.88 Å². The van der Waals surface area contributed by atoms with Crippen LogP contribution in [-0.4, -0.2) is 113 Å². The maximum atomic E-state index is 14.5. The first kappa shape index (κ1) is 36.7. The molecule has 0 bridgehead atoms. The van der Waals surface area contributed by atoms with Gasteiger partial charge in [-0.25, -0.2) is 9.18 Å². The molecule has 0 radical (unpaired) electrons. The second kappa shape index (κ2) is 14.9. The minimum Gasteiger partial charge on any atom is -0.470 e. The molecule has 4 atom stereocenters. The first-order valence-corrected chi connectivity index (χ1v) is 18.0. The first-order chi connectivity index (χ1) is 24.2. The Kier molecular flexibility index (Phi) is 10.7. The summed E-state index contributed by atoms with van der Waals surface area (Å²) >= 11 is 0. The summed E-state index contributed by atoms with van der Waals surface area (Å²) in [6, 6.07) is 7.95. The number of aromatic nitrogens is 1. The highest BCUT2D eigenvalue weighted by Gasteiger charge is 2.41. The molecular formula is C38H51FN6O6. The van der Waals surface area contributed by atoms with Gasteiger partial charge >= 0.3 is 6.09 Å². The zero-order chi connectivity index (χ0) is 36.6. The number of benzene rings is 1. The fraction of sp³-hybridized carbons (Fsp3) is 0.579. The molecule has 2 saturated heterocycles. The quantitative estimate of drug-likeness (QED) is 0.413. The molecule has 276 valence electrons. The topological polar surface area (TPSA) is 117 Å². The molecular weight excluding hydrogens is 655 g/mol. The van der Waals surface area contributed by atoms with Crippen LogP contribution in [0, 0.1) is 11.7 Å². The third-order valence-corrected chi connectivity index (χ3v) is 9.92. The molecule has 1 aromatic carbocycles. The number of carbonyl (C=O) groups is 3. The zero-order valence-corrected chi connectivity index (χ0v) is 30.6. The van der Waals surface area contributed by atoms with Crippen molar-refractivity contribution < 1.29 is 33.0 Å². The van der Waals surface area contributed by atoms with Gasteiger partial charge in [0, 0.05) is 61.7 Å². The molecule has 2 aromatic rings. The molecule has 12 nitrogen and oxygen atoms in total. The number of carbonyl (C=O) groups excluding carboxylic acids is 3. The molecule has 0 spiro atoms. The monoisotopic (exact) mass is 706 g/mol. The minimum atomic E-state index is -0.638. The van der Waals surface area contributed by atoms with E-state index in [0.717, 1.165) is 18.4 Å². The Balaban J connectivity index is 1.28. The van der Waals surface area contributed by atoms with E-state index < -0.39 is 5.60 Å². The van der Waals surface area contributed by atoms with Crippen LogP contribution in [0.4, 0.5) is 20.7 Å². The predicted molar refractivity (Wildman–Crippen MR) is 191 cm³/mol. The van der Waals surface area contributed by atoms with Gasteiger partial charge in [0.1, 0.15) is 29.5 Å². The summed E-state index contributed by atoms with van der Waals surface area (Å²) in [4.78, 5) is 53.3. The molecule has 1 aliphatic carbocycles. The average Bonchev–Trinajstić information content (AvgIpc) is 3.90. The van der Waals surface area contributed by atoms with Crippen molar-refractivity contribution >= 4 is 29.4 Å². The summed E-state index contributed by atoms with van der Waals surface area (Å²) in [6.45, 7) is 18.8. The van der Waals surface area contributed by atoms with Crippen molar-refractivity contribution in [1.29, 1.82) is 0 Å². The normalized spacial score (nSPS) is 24.5. The number of nitrogens with zero attached hydrogens (tertiary/aromatic N) is 5. The molecule has 4 aliphatic rings. The van der Waals surface area contributed by atoms with E-state index in [1.807, 2.05) is 33.8 Å². The van der Waals surface area contributed by atoms with Crippen molar-refractivity contribution in [3.63, 3.8) is 0 Å². The highest BCUT2D eigenvalue weighted by molar-refractivity contribution is 6.00. The van der Waals surface area contributed by atoms with Gasteiger partial charge < -0.3 is 24.4 Å². The number of amides is 3. The number of piperazine rings is 1. The van der Waals surface area contributed by atoms with Crippen LogP contribution < -0.4 is 15.0 Å². The second-order valence-corrected chi connectivity index (χ2v) is 15.5. The standard InChI is InChI=1S/C38H51FN6O6/c1-23-16-42(31(17-43-24(2)20-49-21-25(43)3)18-44(23)37(48)51-38(5,6)7)19-33(46)45-26(4)22-50-36-32(45)15-29(14-27-8-12-30(39)13-9-27)34(41-36)40-35(47)28-10-11-28/h8-9,12-13,15,23-25,28,31H,4,10-11,14,16-22H2,1-3,5-7H3,(H,40,41,47)/t23-,24-,25-,31+/m1/s1. The van der Waals surface area contributed by atoms with E-state index in [1.54, 1.807) is 21.9 Å². The summed E-state index contributed by atoms with van der Waals surface area (Å²) in [5, 5.41) is 2.96. The number of nitrogens with one attached hydrogen (secondary N) is 1. The Morgan fingerprint density at radius 1 is 1.04 bits per heavy atom. The van der Waals surface area contributed by atoms with Crippen LogP contribution in [0.3, 0.4) is 0 Å². The zero-order valence-electron chi connectivity index (χ0n) is 30.6. The third kappa shape index (κ3) is 8.70. The van der Waals surface area contributed by atoms with Crippen molar-refractivity contribution in [2.45, 2.75) is 90.6 Å². The number of hydrogen-bond acceptors (Lipinski definition) is 9. The number of rotatable bonds is 8. The minimum absolute atomic E-state index is 0.0464. The van der Waals surface area contributed by atoms with Crippen LogP contribution in [-0.2, 0) is 25.5 Å². The number of anilines is 2. The van der Waals surface area contributed by atoms with E-state index in [1.165, 1.54) is 12.1 Å². The molecule has 0 unspecified atom stereocenters. The van der Waals surface area contributed by atoms with Gasteiger partial charge in [-0.05, 0) is 78.1 Å². The SMILES string of the molecule is C=C1COc2nc(NC(=O)C3CC3)c(Cc3ccc(F)cc3)cc2N1C(=O)CN1C[C@@H](C)N(C(=O)OC(C)(C)C)C[C@@H]1CN1[C@H](C)COC[C@H]1C. The van der Waals surface area contributed by atoms with E-state index in [4.69, 9.17) is 19.2 Å². The van der Waals surface area contributed by atoms with Gasteiger partial charge in [-0.1, -0.05) is 18.7 Å². The van der Waals surface area contributed by atoms with Crippen LogP contribution in [0.15, 0.2) is 42.6 Å². The van der Waals surface area contributed by atoms with Crippen molar-refractivity contribution in [3.8, 4) is 5.88 Å². The van der Waals surface area contributed by atoms with Gasteiger partial charge in [0.25, 0.3) is 0 Å². The second-order valence-electron chi connectivity index (χ2n) is 15.5. The third-order valence-electron chi connectivity index (χ3n) is 9.92. The van der Waals surface area contributed by atoms with E-state index in [0.29, 0.717) is 62.0 Å². The van der Waals surface area contributed by atoms with E-state index >= 15 is 0 Å². The van der Waals surface area contributed by atoms with Gasteiger partial charge in [-0.3, -0.25) is 24.3 Å². The molecule has 1 N–H and O–H groups in total. The van der Waals surface area contributed by atoms with Crippen LogP contribution in [0.1, 0.15) is 65.5 Å². The Hall–Kier alpha value is -4.07. The summed E-state index contributed by atoms with van der Waals surface area (Å²) < 4.78 is 31.3. The lowest BCUT2D eigenvalue weighted by molar-refractivity contribution is -0.122. The number of morpholine rings is 1. The Bertz CT molecular complexity index is 1630. The van der Waals surface area contributed by atoms with Crippen molar-refractivity contribution in [2.75, 3.05) is 56.2 Å². The lowest BCUT2D eigenvalue weighted by Crippen LogP contribution is -2.65. The van der Waals surface area contributed by atoms with Gasteiger partial charge in [0.05, 0.1) is 25.5 Å². The molecule has 3 fully saturated rings. The lowest BCUT2D eigenvalue weighted by atomic mass is 10.0. The van der Waals surface area contributed by atoms with Gasteiger partial charge in [0.15, 0.2) is 0 Å². The van der Waals surface area contributed by atoms with Crippen molar-refractivity contribution in [3.05, 3.63) is 59.6 Å². The van der Waals surface area contributed by atoms with Crippen molar-refractivity contribution in [1.82, 2.24) is 19.7 Å². The predicted octanol–water partition coefficient (Wildman–Crippen LogP) is 4.82. The number of ether oxygens (including phenoxy) is 3. The van der Waals surface area contributed by atoms with E-state index in [2.05, 4.69) is 35.5 Å². The average molecular weight is 707 g/mol. The first-order valence-electron chi connectivity index (χ1n) is 18.0. The smallest absolute Gasteiger partial charge is 0.410 e. The molecule has 3 aliphatic heterocycles. The van der Waals surface area contributed by atoms with Crippen LogP contribution >= 0.6 is 0 Å². The number of hydrogen-bond donors (Lipinski definition) is 1. The van der Waals surface area contributed by atoms with E-state index in [9.17, 15) is 18.8 Å². The Morgan fingerprint density at radius 3 is 2.37 bits per heavy atom. The van der Waals surface area contributed by atoms with Crippen molar-refractivity contribution in [2.24, 2.45) is 5.92 Å². The molecule has 1 aromatic heterocycles.